The predicted molar refractivity (Wildman–Crippen MR) is 104 cm³/mol. The molecule has 0 saturated carbocycles. The number of hydrogen-bond acceptors (Lipinski definition) is 5. The van der Waals surface area contributed by atoms with Crippen molar-refractivity contribution in [1.82, 2.24) is 25.2 Å². The van der Waals surface area contributed by atoms with Crippen molar-refractivity contribution >= 4 is 11.8 Å². The quantitative estimate of drug-likeness (QED) is 0.741. The van der Waals surface area contributed by atoms with Gasteiger partial charge in [-0.25, -0.2) is 4.68 Å². The largest absolute Gasteiger partial charge is 0.388 e. The Morgan fingerprint density at radius 3 is 2.61 bits per heavy atom. The van der Waals surface area contributed by atoms with Gasteiger partial charge in [0, 0.05) is 26.6 Å². The molecule has 1 aromatic heterocycles. The maximum absolute atomic E-state index is 12.4. The van der Waals surface area contributed by atoms with E-state index in [1.807, 2.05) is 23.1 Å². The minimum Gasteiger partial charge on any atom is -0.388 e. The maximum atomic E-state index is 12.4. The van der Waals surface area contributed by atoms with E-state index in [0.29, 0.717) is 32.4 Å². The lowest BCUT2D eigenvalue weighted by Crippen LogP contribution is -2.48. The molecule has 150 valence electrons. The van der Waals surface area contributed by atoms with Crippen LogP contribution in [0.5, 0.6) is 0 Å². The van der Waals surface area contributed by atoms with Crippen LogP contribution in [0.3, 0.4) is 0 Å². The Bertz CT molecular complexity index is 797. The second-order valence-corrected chi connectivity index (χ2v) is 7.32. The molecule has 0 aliphatic carbocycles. The number of nitrogens with one attached hydrogen (secondary N) is 1. The summed E-state index contributed by atoms with van der Waals surface area (Å²) in [6.45, 7) is 1.31. The first-order valence-corrected chi connectivity index (χ1v) is 9.65. The smallest absolute Gasteiger partial charge is 0.273 e. The summed E-state index contributed by atoms with van der Waals surface area (Å²) in [4.78, 5) is 25.8. The molecular weight excluding hydrogens is 358 g/mol. The molecule has 0 unspecified atom stereocenters. The number of piperidine rings is 1. The van der Waals surface area contributed by atoms with Crippen molar-refractivity contribution in [1.29, 1.82) is 0 Å². The Labute approximate surface area is 164 Å². The molecule has 2 amide bonds. The fourth-order valence-corrected chi connectivity index (χ4v) is 3.49. The van der Waals surface area contributed by atoms with Gasteiger partial charge in [-0.15, -0.1) is 5.10 Å². The van der Waals surface area contributed by atoms with Crippen LogP contribution in [0, 0.1) is 0 Å². The van der Waals surface area contributed by atoms with Gasteiger partial charge in [-0.3, -0.25) is 9.59 Å². The van der Waals surface area contributed by atoms with Gasteiger partial charge in [0.05, 0.1) is 18.3 Å². The van der Waals surface area contributed by atoms with E-state index >= 15 is 0 Å². The lowest BCUT2D eigenvalue weighted by atomic mass is 9.91. The van der Waals surface area contributed by atoms with Crippen molar-refractivity contribution in [2.45, 2.75) is 44.2 Å². The van der Waals surface area contributed by atoms with Crippen LogP contribution < -0.4 is 5.32 Å². The van der Waals surface area contributed by atoms with Crippen molar-refractivity contribution in [2.24, 2.45) is 0 Å². The molecule has 8 heteroatoms. The third kappa shape index (κ3) is 5.16. The summed E-state index contributed by atoms with van der Waals surface area (Å²) in [7, 11) is 1.53. The van der Waals surface area contributed by atoms with Crippen molar-refractivity contribution in [3.63, 3.8) is 0 Å². The van der Waals surface area contributed by atoms with Crippen LogP contribution in [-0.2, 0) is 17.8 Å². The van der Waals surface area contributed by atoms with Crippen LogP contribution in [0.25, 0.3) is 0 Å². The molecular formula is C20H27N5O3. The SMILES string of the molecule is CNC(=O)c1cn(CC2(O)CCN(C(=O)CCCc3ccccc3)CC2)nn1. The summed E-state index contributed by atoms with van der Waals surface area (Å²) in [5.41, 5.74) is 0.512. The number of benzene rings is 1. The summed E-state index contributed by atoms with van der Waals surface area (Å²) in [5.74, 6) is -0.171. The average Bonchev–Trinajstić information content (AvgIpc) is 3.16. The van der Waals surface area contributed by atoms with Crippen LogP contribution in [0.4, 0.5) is 0 Å². The van der Waals surface area contributed by atoms with Crippen LogP contribution in [0.15, 0.2) is 36.5 Å². The maximum Gasteiger partial charge on any atom is 0.273 e. The van der Waals surface area contributed by atoms with Gasteiger partial charge >= 0.3 is 0 Å². The fraction of sp³-hybridized carbons (Fsp3) is 0.500. The van der Waals surface area contributed by atoms with Crippen LogP contribution in [0.1, 0.15) is 41.7 Å². The number of hydrogen-bond donors (Lipinski definition) is 2. The van der Waals surface area contributed by atoms with E-state index in [-0.39, 0.29) is 24.1 Å². The van der Waals surface area contributed by atoms with Gasteiger partial charge in [0.1, 0.15) is 0 Å². The van der Waals surface area contributed by atoms with E-state index in [0.717, 1.165) is 12.8 Å². The minimum atomic E-state index is -0.950. The van der Waals surface area contributed by atoms with E-state index < -0.39 is 5.60 Å². The first-order chi connectivity index (χ1) is 13.5. The summed E-state index contributed by atoms with van der Waals surface area (Å²) in [6.07, 6.45) is 4.72. The molecule has 1 aliphatic heterocycles. The monoisotopic (exact) mass is 385 g/mol. The zero-order chi connectivity index (χ0) is 20.0. The number of carbonyl (C=O) groups excluding carboxylic acids is 2. The van der Waals surface area contributed by atoms with E-state index in [1.54, 1.807) is 0 Å². The molecule has 2 heterocycles. The molecule has 0 bridgehead atoms. The van der Waals surface area contributed by atoms with Crippen molar-refractivity contribution < 1.29 is 14.7 Å². The molecule has 28 heavy (non-hydrogen) atoms. The number of aliphatic hydroxyl groups is 1. The number of aryl methyl sites for hydroxylation is 1. The average molecular weight is 385 g/mol. The molecule has 2 aromatic rings. The highest BCUT2D eigenvalue weighted by atomic mass is 16.3. The first kappa shape index (κ1) is 20.0. The highest BCUT2D eigenvalue weighted by molar-refractivity contribution is 5.91. The van der Waals surface area contributed by atoms with Crippen molar-refractivity contribution in [2.75, 3.05) is 20.1 Å². The van der Waals surface area contributed by atoms with Gasteiger partial charge in [-0.05, 0) is 31.2 Å². The Morgan fingerprint density at radius 1 is 1.21 bits per heavy atom. The fourth-order valence-electron chi connectivity index (χ4n) is 3.49. The number of aromatic nitrogens is 3. The molecule has 1 saturated heterocycles. The van der Waals surface area contributed by atoms with E-state index in [4.69, 9.17) is 0 Å². The third-order valence-electron chi connectivity index (χ3n) is 5.20. The van der Waals surface area contributed by atoms with Gasteiger partial charge < -0.3 is 15.3 Å². The van der Waals surface area contributed by atoms with Gasteiger partial charge in [0.2, 0.25) is 5.91 Å². The number of likely N-dealkylation sites (tertiary alicyclic amines) is 1. The first-order valence-electron chi connectivity index (χ1n) is 9.65. The molecule has 1 aliphatic rings. The molecule has 2 N–H and O–H groups in total. The molecule has 0 spiro atoms. The van der Waals surface area contributed by atoms with E-state index in [9.17, 15) is 14.7 Å². The van der Waals surface area contributed by atoms with E-state index in [1.165, 1.54) is 23.5 Å². The summed E-state index contributed by atoms with van der Waals surface area (Å²) in [6, 6.07) is 10.2. The Morgan fingerprint density at radius 2 is 1.93 bits per heavy atom. The van der Waals surface area contributed by atoms with E-state index in [2.05, 4.69) is 27.8 Å². The summed E-state index contributed by atoms with van der Waals surface area (Å²) in [5, 5.41) is 21.0. The Kier molecular flexibility index (Phi) is 6.41. The number of rotatable bonds is 7. The third-order valence-corrected chi connectivity index (χ3v) is 5.20. The number of nitrogens with zero attached hydrogens (tertiary/aromatic N) is 4. The molecule has 0 radical (unpaired) electrons. The van der Waals surface area contributed by atoms with Crippen LogP contribution in [0.2, 0.25) is 0 Å². The second-order valence-electron chi connectivity index (χ2n) is 7.32. The number of amides is 2. The van der Waals surface area contributed by atoms with Gasteiger partial charge in [-0.2, -0.15) is 0 Å². The highest BCUT2D eigenvalue weighted by Gasteiger charge is 2.34. The molecule has 1 aromatic carbocycles. The highest BCUT2D eigenvalue weighted by Crippen LogP contribution is 2.24. The molecule has 1 fully saturated rings. The molecule has 8 nitrogen and oxygen atoms in total. The summed E-state index contributed by atoms with van der Waals surface area (Å²) >= 11 is 0. The lowest BCUT2D eigenvalue weighted by molar-refractivity contribution is -0.136. The van der Waals surface area contributed by atoms with Gasteiger partial charge in [0.15, 0.2) is 5.69 Å². The van der Waals surface area contributed by atoms with Crippen molar-refractivity contribution in [3.8, 4) is 0 Å². The standard InChI is InChI=1S/C20H27N5O3/c1-21-19(27)17-14-25(23-22-17)15-20(28)10-12-24(13-11-20)18(26)9-5-8-16-6-3-2-4-7-16/h2-4,6-7,14,28H,5,8-13,15H2,1H3,(H,21,27). The van der Waals surface area contributed by atoms with Crippen LogP contribution >= 0.6 is 0 Å². The lowest BCUT2D eigenvalue weighted by Gasteiger charge is -2.38. The second kappa shape index (κ2) is 8.97. The molecule has 0 atom stereocenters. The van der Waals surface area contributed by atoms with Gasteiger partial charge in [-0.1, -0.05) is 35.5 Å². The minimum absolute atomic E-state index is 0.139. The summed E-state index contributed by atoms with van der Waals surface area (Å²) < 4.78 is 1.49. The molecule has 3 rings (SSSR count). The Hall–Kier alpha value is -2.74. The Balaban J connectivity index is 1.44. The number of carbonyl (C=O) groups is 2. The topological polar surface area (TPSA) is 100 Å². The van der Waals surface area contributed by atoms with Crippen molar-refractivity contribution in [3.05, 3.63) is 47.8 Å². The predicted octanol–water partition coefficient (Wildman–Crippen LogP) is 1.01. The zero-order valence-electron chi connectivity index (χ0n) is 16.2. The zero-order valence-corrected chi connectivity index (χ0v) is 16.2. The normalized spacial score (nSPS) is 16.0. The van der Waals surface area contributed by atoms with Crippen LogP contribution in [-0.4, -0.2) is 62.6 Å². The van der Waals surface area contributed by atoms with Gasteiger partial charge in [0.25, 0.3) is 5.91 Å².